The Kier molecular flexibility index (Phi) is 7.23. The number of nitro groups is 2. The second-order valence-electron chi connectivity index (χ2n) is 7.43. The predicted octanol–water partition coefficient (Wildman–Crippen LogP) is 6.08. The van der Waals surface area contributed by atoms with Crippen LogP contribution in [-0.2, 0) is 4.79 Å². The largest absolute Gasteiger partial charge is 0.289 e. The quantitative estimate of drug-likeness (QED) is 0.314. The summed E-state index contributed by atoms with van der Waals surface area (Å²) < 4.78 is 0. The number of carbonyl (C=O) groups excluding carboxylic acids is 1. The number of carbonyl (C=O) groups is 1. The third-order valence-electron chi connectivity index (χ3n) is 5.32. The topological polar surface area (TPSA) is 103 Å². The highest BCUT2D eigenvalue weighted by molar-refractivity contribution is 6.09. The third-order valence-corrected chi connectivity index (χ3v) is 5.32. The number of benzene rings is 2. The van der Waals surface area contributed by atoms with Crippen molar-refractivity contribution in [2.75, 3.05) is 0 Å². The van der Waals surface area contributed by atoms with Crippen LogP contribution in [0.5, 0.6) is 0 Å². The number of allylic oxidation sites excluding steroid dienone is 6. The van der Waals surface area contributed by atoms with E-state index in [-0.39, 0.29) is 23.1 Å². The molecule has 1 fully saturated rings. The number of hydrogen-bond acceptors (Lipinski definition) is 5. The molecule has 1 aliphatic carbocycles. The van der Waals surface area contributed by atoms with Crippen molar-refractivity contribution in [3.63, 3.8) is 0 Å². The summed E-state index contributed by atoms with van der Waals surface area (Å²) >= 11 is 0. The van der Waals surface area contributed by atoms with Gasteiger partial charge in [0.15, 0.2) is 5.78 Å². The van der Waals surface area contributed by atoms with Gasteiger partial charge in [0.05, 0.1) is 21.0 Å². The minimum absolute atomic E-state index is 0.00546. The molecule has 1 aliphatic rings. The maximum absolute atomic E-state index is 13.0. The Morgan fingerprint density at radius 3 is 1.88 bits per heavy atom. The third kappa shape index (κ3) is 5.31. The Hall–Kier alpha value is -4.13. The molecule has 0 saturated heterocycles. The molecule has 0 spiro atoms. The van der Waals surface area contributed by atoms with Crippen LogP contribution in [0.25, 0.3) is 12.2 Å². The van der Waals surface area contributed by atoms with Gasteiger partial charge in [-0.25, -0.2) is 0 Å². The molecule has 0 N–H and O–H groups in total. The van der Waals surface area contributed by atoms with Crippen LogP contribution in [0, 0.1) is 26.1 Å². The molecule has 7 heteroatoms. The molecule has 0 heterocycles. The fourth-order valence-electron chi connectivity index (χ4n) is 3.56. The van der Waals surface area contributed by atoms with Crippen molar-refractivity contribution < 1.29 is 14.6 Å². The van der Waals surface area contributed by atoms with E-state index in [2.05, 4.69) is 0 Å². The van der Waals surface area contributed by atoms with Crippen molar-refractivity contribution in [2.45, 2.75) is 19.8 Å². The molecule has 1 atom stereocenters. The number of Topliss-reactive ketones (excluding diaryl/α,β-unsaturated/α-hetero) is 1. The van der Waals surface area contributed by atoms with Crippen molar-refractivity contribution in [2.24, 2.45) is 5.92 Å². The van der Waals surface area contributed by atoms with Crippen LogP contribution in [0.1, 0.15) is 30.9 Å². The van der Waals surface area contributed by atoms with E-state index in [0.717, 1.165) is 6.42 Å². The van der Waals surface area contributed by atoms with Gasteiger partial charge >= 0.3 is 0 Å². The van der Waals surface area contributed by atoms with Gasteiger partial charge in [-0.2, -0.15) is 0 Å². The number of rotatable bonds is 6. The number of para-hydroxylation sites is 2. The lowest BCUT2D eigenvalue weighted by Gasteiger charge is -2.22. The lowest BCUT2D eigenvalue weighted by molar-refractivity contribution is -0.385. The van der Waals surface area contributed by atoms with E-state index in [0.29, 0.717) is 28.7 Å². The van der Waals surface area contributed by atoms with Gasteiger partial charge in [-0.05, 0) is 48.6 Å². The summed E-state index contributed by atoms with van der Waals surface area (Å²) in [5.74, 6) is -0.0163. The Balaban J connectivity index is 1.81. The highest BCUT2D eigenvalue weighted by Gasteiger charge is 2.25. The molecule has 0 radical (unpaired) electrons. The first-order valence-corrected chi connectivity index (χ1v) is 10.2. The Morgan fingerprint density at radius 1 is 0.844 bits per heavy atom. The maximum Gasteiger partial charge on any atom is 0.276 e. The first-order valence-electron chi connectivity index (χ1n) is 10.2. The number of nitrogens with zero attached hydrogens (tertiary/aromatic N) is 2. The van der Waals surface area contributed by atoms with E-state index in [4.69, 9.17) is 0 Å². The zero-order chi connectivity index (χ0) is 23.1. The molecule has 2 aromatic rings. The molecule has 1 saturated carbocycles. The van der Waals surface area contributed by atoms with Gasteiger partial charge < -0.3 is 0 Å². The highest BCUT2D eigenvalue weighted by Crippen LogP contribution is 2.30. The summed E-state index contributed by atoms with van der Waals surface area (Å²) in [7, 11) is 0. The second kappa shape index (κ2) is 10.3. The van der Waals surface area contributed by atoms with Crippen molar-refractivity contribution >= 4 is 29.3 Å². The fourth-order valence-corrected chi connectivity index (χ4v) is 3.56. The summed E-state index contributed by atoms with van der Waals surface area (Å²) in [6, 6.07) is 12.8. The van der Waals surface area contributed by atoms with E-state index in [1.54, 1.807) is 72.9 Å². The fraction of sp³-hybridized carbons (Fsp3) is 0.160. The summed E-state index contributed by atoms with van der Waals surface area (Å²) in [6.45, 7) is 1.97. The van der Waals surface area contributed by atoms with Crippen molar-refractivity contribution in [1.29, 1.82) is 0 Å². The molecule has 32 heavy (non-hydrogen) atoms. The van der Waals surface area contributed by atoms with Gasteiger partial charge in [-0.3, -0.25) is 25.0 Å². The average Bonchev–Trinajstić information content (AvgIpc) is 2.78. The van der Waals surface area contributed by atoms with Crippen molar-refractivity contribution in [3.05, 3.63) is 115 Å². The minimum Gasteiger partial charge on any atom is -0.289 e. The predicted molar refractivity (Wildman–Crippen MR) is 124 cm³/mol. The van der Waals surface area contributed by atoms with Crippen LogP contribution < -0.4 is 0 Å². The molecule has 0 aliphatic heterocycles. The Morgan fingerprint density at radius 2 is 1.34 bits per heavy atom. The van der Waals surface area contributed by atoms with Gasteiger partial charge in [0, 0.05) is 17.7 Å². The van der Waals surface area contributed by atoms with Crippen molar-refractivity contribution in [3.8, 4) is 0 Å². The van der Waals surface area contributed by atoms with Gasteiger partial charge in [-0.1, -0.05) is 55.5 Å². The smallest absolute Gasteiger partial charge is 0.276 e. The summed E-state index contributed by atoms with van der Waals surface area (Å²) in [5.41, 5.74) is 2.21. The summed E-state index contributed by atoms with van der Waals surface area (Å²) in [4.78, 5) is 34.3. The summed E-state index contributed by atoms with van der Waals surface area (Å²) in [6.07, 6.45) is 11.4. The van der Waals surface area contributed by atoms with Gasteiger partial charge in [0.2, 0.25) is 0 Å². The molecule has 1 unspecified atom stereocenters. The van der Waals surface area contributed by atoms with Crippen LogP contribution in [0.15, 0.2) is 84.0 Å². The number of nitro benzene ring substituents is 2. The van der Waals surface area contributed by atoms with Gasteiger partial charge in [0.25, 0.3) is 11.4 Å². The summed E-state index contributed by atoms with van der Waals surface area (Å²) in [5, 5.41) is 22.3. The first kappa shape index (κ1) is 22.6. The lowest BCUT2D eigenvalue weighted by Crippen LogP contribution is -2.19. The van der Waals surface area contributed by atoms with Crippen LogP contribution in [0.2, 0.25) is 0 Å². The van der Waals surface area contributed by atoms with Crippen LogP contribution >= 0.6 is 0 Å². The normalized spacial score (nSPS) is 19.3. The van der Waals surface area contributed by atoms with E-state index in [1.807, 2.05) is 6.92 Å². The Bertz CT molecular complexity index is 1170. The lowest BCUT2D eigenvalue weighted by atomic mass is 9.81. The molecule has 0 aromatic heterocycles. The molecule has 2 aromatic carbocycles. The van der Waals surface area contributed by atoms with E-state index in [9.17, 15) is 25.0 Å². The zero-order valence-corrected chi connectivity index (χ0v) is 17.5. The van der Waals surface area contributed by atoms with E-state index >= 15 is 0 Å². The number of hydrogen-bond donors (Lipinski definition) is 0. The molecule has 0 amide bonds. The molecule has 3 rings (SSSR count). The van der Waals surface area contributed by atoms with Gasteiger partial charge in [-0.15, -0.1) is 0 Å². The second-order valence-corrected chi connectivity index (χ2v) is 7.43. The van der Waals surface area contributed by atoms with Crippen LogP contribution in [0.3, 0.4) is 0 Å². The molecular weight excluding hydrogens is 408 g/mol. The monoisotopic (exact) mass is 430 g/mol. The van der Waals surface area contributed by atoms with E-state index in [1.165, 1.54) is 12.1 Å². The van der Waals surface area contributed by atoms with E-state index < -0.39 is 9.85 Å². The molecule has 0 bridgehead atoms. The van der Waals surface area contributed by atoms with Gasteiger partial charge in [0.1, 0.15) is 0 Å². The van der Waals surface area contributed by atoms with Crippen molar-refractivity contribution in [1.82, 2.24) is 0 Å². The zero-order valence-electron chi connectivity index (χ0n) is 17.5. The standard InChI is InChI=1S/C25H22N2O5/c1-18-16-17-21(12-6-10-19-8-2-4-14-23(19)26(29)30)25(28)22(18)13-7-11-20-9-3-5-15-24(20)27(31)32/h2-15,18H,16-17H2,1H3/b10-6+,11-7+,21-12+,22-13+. The Labute approximate surface area is 185 Å². The minimum atomic E-state index is -0.440. The van der Waals surface area contributed by atoms with Crippen LogP contribution in [0.4, 0.5) is 11.4 Å². The molecule has 162 valence electrons. The average molecular weight is 430 g/mol. The highest BCUT2D eigenvalue weighted by atomic mass is 16.6. The molecular formula is C25H22N2O5. The van der Waals surface area contributed by atoms with Crippen LogP contribution in [-0.4, -0.2) is 15.6 Å². The maximum atomic E-state index is 13.0. The SMILES string of the molecule is CC1CC/C(=C\C=C\c2ccccc2[N+](=O)[O-])C(=O)/C1=C/C=C/c1ccccc1[N+](=O)[O-]. The number of ketones is 1. The first-order chi connectivity index (χ1) is 15.4. The molecule has 7 nitrogen and oxygen atoms in total.